The predicted molar refractivity (Wildman–Crippen MR) is 83.9 cm³/mol. The number of hydrogen-bond acceptors (Lipinski definition) is 3. The average molecular weight is 299 g/mol. The van der Waals surface area contributed by atoms with E-state index in [1.165, 1.54) is 12.8 Å². The Kier molecular flexibility index (Phi) is 4.29. The van der Waals surface area contributed by atoms with E-state index >= 15 is 0 Å². The molecule has 0 bridgehead atoms. The first kappa shape index (κ1) is 14.5. The summed E-state index contributed by atoms with van der Waals surface area (Å²) < 4.78 is 17.3. The van der Waals surface area contributed by atoms with E-state index in [-0.39, 0.29) is 6.61 Å². The van der Waals surface area contributed by atoms with Crippen molar-refractivity contribution >= 4 is 5.82 Å². The molecule has 0 radical (unpaired) electrons. The first-order valence-electron chi connectivity index (χ1n) is 7.49. The number of aromatic nitrogens is 1. The monoisotopic (exact) mass is 299 g/mol. The predicted octanol–water partition coefficient (Wildman–Crippen LogP) is 3.50. The Balaban J connectivity index is 1.84. The number of nitrogens with one attached hydrogen (secondary N) is 1. The molecule has 0 unspecified atom stereocenters. The van der Waals surface area contributed by atoms with Gasteiger partial charge >= 0.3 is 0 Å². The zero-order chi connectivity index (χ0) is 15.4. The largest absolute Gasteiger partial charge is 0.491 e. The van der Waals surface area contributed by atoms with Gasteiger partial charge in [-0.05, 0) is 48.7 Å². The fraction of sp³-hybridized carbons (Fsp3) is 0.353. The van der Waals surface area contributed by atoms with Gasteiger partial charge in [-0.25, -0.2) is 4.39 Å². The van der Waals surface area contributed by atoms with Gasteiger partial charge in [-0.3, -0.25) is 0 Å². The summed E-state index contributed by atoms with van der Waals surface area (Å²) in [6, 6.07) is 11.6. The standard InChI is InChI=1S/C17H18FN3O/c18-7-10-22-15-5-3-13(4-6-15)16-11-14(12-19)17(20-16)21-8-1-2-9-21/h3-6,11,20H,1-2,7-10H2. The molecule has 4 nitrogen and oxygen atoms in total. The lowest BCUT2D eigenvalue weighted by atomic mass is 10.1. The van der Waals surface area contributed by atoms with Gasteiger partial charge < -0.3 is 14.6 Å². The SMILES string of the molecule is N#Cc1cc(-c2ccc(OCCF)cc2)[nH]c1N1CCCC1. The van der Waals surface area contributed by atoms with E-state index in [2.05, 4.69) is 16.0 Å². The number of aromatic amines is 1. The van der Waals surface area contributed by atoms with Crippen LogP contribution in [0.3, 0.4) is 0 Å². The average Bonchev–Trinajstić information content (AvgIpc) is 3.22. The number of anilines is 1. The van der Waals surface area contributed by atoms with Crippen molar-refractivity contribution in [2.24, 2.45) is 0 Å². The molecule has 1 fully saturated rings. The third-order valence-electron chi connectivity index (χ3n) is 3.85. The van der Waals surface area contributed by atoms with Crippen molar-refractivity contribution in [2.75, 3.05) is 31.3 Å². The van der Waals surface area contributed by atoms with Crippen LogP contribution < -0.4 is 9.64 Å². The lowest BCUT2D eigenvalue weighted by Crippen LogP contribution is -2.18. The van der Waals surface area contributed by atoms with Crippen LogP contribution in [0.5, 0.6) is 5.75 Å². The second kappa shape index (κ2) is 6.52. The third kappa shape index (κ3) is 2.91. The van der Waals surface area contributed by atoms with Crippen molar-refractivity contribution < 1.29 is 9.13 Å². The van der Waals surface area contributed by atoms with Crippen molar-refractivity contribution in [3.05, 3.63) is 35.9 Å². The van der Waals surface area contributed by atoms with Crippen molar-refractivity contribution in [3.8, 4) is 23.1 Å². The normalized spacial score (nSPS) is 14.1. The Morgan fingerprint density at radius 1 is 1.23 bits per heavy atom. The van der Waals surface area contributed by atoms with Crippen LogP contribution >= 0.6 is 0 Å². The molecule has 1 N–H and O–H groups in total. The van der Waals surface area contributed by atoms with Gasteiger partial charge in [-0.2, -0.15) is 5.26 Å². The summed E-state index contributed by atoms with van der Waals surface area (Å²) >= 11 is 0. The molecule has 1 aromatic carbocycles. The summed E-state index contributed by atoms with van der Waals surface area (Å²) in [5.74, 6) is 1.56. The maximum Gasteiger partial charge on any atom is 0.124 e. The molecule has 1 aromatic heterocycles. The van der Waals surface area contributed by atoms with Crippen molar-refractivity contribution in [1.29, 1.82) is 5.26 Å². The molecule has 114 valence electrons. The highest BCUT2D eigenvalue weighted by Crippen LogP contribution is 2.30. The number of hydrogen-bond donors (Lipinski definition) is 1. The Hall–Kier alpha value is -2.48. The summed E-state index contributed by atoms with van der Waals surface area (Å²) in [5, 5.41) is 9.33. The number of nitriles is 1. The third-order valence-corrected chi connectivity index (χ3v) is 3.85. The van der Waals surface area contributed by atoms with Gasteiger partial charge in [0.05, 0.1) is 5.56 Å². The highest BCUT2D eigenvalue weighted by Gasteiger charge is 2.18. The second-order valence-electron chi connectivity index (χ2n) is 5.31. The smallest absolute Gasteiger partial charge is 0.124 e. The minimum Gasteiger partial charge on any atom is -0.491 e. The molecule has 0 saturated carbocycles. The first-order chi connectivity index (χ1) is 10.8. The van der Waals surface area contributed by atoms with Crippen LogP contribution in [-0.4, -0.2) is 31.4 Å². The highest BCUT2D eigenvalue weighted by atomic mass is 19.1. The molecular formula is C17H18FN3O. The van der Waals surface area contributed by atoms with Crippen molar-refractivity contribution in [1.82, 2.24) is 4.98 Å². The maximum atomic E-state index is 12.1. The Morgan fingerprint density at radius 2 is 1.95 bits per heavy atom. The van der Waals surface area contributed by atoms with Gasteiger partial charge in [-0.15, -0.1) is 0 Å². The molecule has 1 aliphatic rings. The topological polar surface area (TPSA) is 52.0 Å². The van der Waals surface area contributed by atoms with E-state index in [0.717, 1.165) is 30.2 Å². The lowest BCUT2D eigenvalue weighted by molar-refractivity contribution is 0.273. The summed E-state index contributed by atoms with van der Waals surface area (Å²) in [6.07, 6.45) is 2.33. The molecule has 0 atom stereocenters. The number of rotatable bonds is 5. The molecule has 0 amide bonds. The van der Waals surface area contributed by atoms with Gasteiger partial charge in [-0.1, -0.05) is 0 Å². The minimum absolute atomic E-state index is 0.0690. The van der Waals surface area contributed by atoms with E-state index in [1.54, 1.807) is 0 Å². The molecule has 0 aliphatic carbocycles. The summed E-state index contributed by atoms with van der Waals surface area (Å²) in [7, 11) is 0. The molecular weight excluding hydrogens is 281 g/mol. The lowest BCUT2D eigenvalue weighted by Gasteiger charge is -2.15. The molecule has 22 heavy (non-hydrogen) atoms. The molecule has 2 heterocycles. The summed E-state index contributed by atoms with van der Waals surface area (Å²) in [5.41, 5.74) is 2.57. The van der Waals surface area contributed by atoms with Crippen molar-refractivity contribution in [3.63, 3.8) is 0 Å². The van der Waals surface area contributed by atoms with E-state index in [4.69, 9.17) is 4.74 Å². The molecule has 3 rings (SSSR count). The first-order valence-corrected chi connectivity index (χ1v) is 7.49. The number of benzene rings is 1. The Morgan fingerprint density at radius 3 is 2.59 bits per heavy atom. The molecule has 5 heteroatoms. The van der Waals surface area contributed by atoms with E-state index < -0.39 is 6.67 Å². The van der Waals surface area contributed by atoms with Gasteiger partial charge in [0.2, 0.25) is 0 Å². The number of H-pyrrole nitrogens is 1. The van der Waals surface area contributed by atoms with Gasteiger partial charge in [0.15, 0.2) is 0 Å². The number of nitrogens with zero attached hydrogens (tertiary/aromatic N) is 2. The summed E-state index contributed by atoms with van der Waals surface area (Å²) in [6.45, 7) is 1.55. The van der Waals surface area contributed by atoms with Gasteiger partial charge in [0, 0.05) is 18.8 Å². The van der Waals surface area contributed by atoms with Crippen LogP contribution in [-0.2, 0) is 0 Å². The molecule has 0 spiro atoms. The second-order valence-corrected chi connectivity index (χ2v) is 5.31. The zero-order valence-corrected chi connectivity index (χ0v) is 12.3. The van der Waals surface area contributed by atoms with Gasteiger partial charge in [0.25, 0.3) is 0 Å². The number of halogens is 1. The number of ether oxygens (including phenoxy) is 1. The quantitative estimate of drug-likeness (QED) is 0.919. The van der Waals surface area contributed by atoms with Crippen LogP contribution in [0.4, 0.5) is 10.2 Å². The summed E-state index contributed by atoms with van der Waals surface area (Å²) in [4.78, 5) is 5.58. The van der Waals surface area contributed by atoms with Crippen LogP contribution in [0.1, 0.15) is 18.4 Å². The maximum absolute atomic E-state index is 12.1. The van der Waals surface area contributed by atoms with E-state index in [0.29, 0.717) is 11.3 Å². The Labute approximate surface area is 129 Å². The fourth-order valence-electron chi connectivity index (χ4n) is 2.76. The molecule has 1 saturated heterocycles. The molecule has 1 aliphatic heterocycles. The Bertz CT molecular complexity index is 666. The highest BCUT2D eigenvalue weighted by molar-refractivity contribution is 5.70. The minimum atomic E-state index is -0.497. The van der Waals surface area contributed by atoms with Gasteiger partial charge in [0.1, 0.15) is 30.9 Å². The van der Waals surface area contributed by atoms with Crippen LogP contribution in [0.2, 0.25) is 0 Å². The number of alkyl halides is 1. The van der Waals surface area contributed by atoms with Crippen molar-refractivity contribution in [2.45, 2.75) is 12.8 Å². The van der Waals surface area contributed by atoms with E-state index in [1.807, 2.05) is 30.3 Å². The zero-order valence-electron chi connectivity index (χ0n) is 12.3. The van der Waals surface area contributed by atoms with Crippen LogP contribution in [0.15, 0.2) is 30.3 Å². The molecule has 2 aromatic rings. The van der Waals surface area contributed by atoms with Crippen LogP contribution in [0.25, 0.3) is 11.3 Å². The fourth-order valence-corrected chi connectivity index (χ4v) is 2.76. The van der Waals surface area contributed by atoms with E-state index in [9.17, 15) is 9.65 Å². The van der Waals surface area contributed by atoms with Crippen LogP contribution in [0, 0.1) is 11.3 Å².